The number of halogens is 1. The topological polar surface area (TPSA) is 115 Å². The minimum Gasteiger partial charge on any atom is -0.301 e. The van der Waals surface area contributed by atoms with Crippen LogP contribution in [0, 0.1) is 6.92 Å². The van der Waals surface area contributed by atoms with E-state index >= 15 is 0 Å². The first-order valence-electron chi connectivity index (χ1n) is 5.62. The molecule has 0 atom stereocenters. The van der Waals surface area contributed by atoms with Crippen molar-refractivity contribution in [1.29, 1.82) is 0 Å². The van der Waals surface area contributed by atoms with Gasteiger partial charge in [-0.3, -0.25) is 4.79 Å². The molecule has 0 aromatic carbocycles. The summed E-state index contributed by atoms with van der Waals surface area (Å²) in [6.45, 7) is 1.72. The van der Waals surface area contributed by atoms with Gasteiger partial charge in [-0.25, -0.2) is 9.97 Å². The second-order valence-corrected chi connectivity index (χ2v) is 5.12. The third-order valence-corrected chi connectivity index (χ3v) is 3.16. The van der Waals surface area contributed by atoms with E-state index in [1.807, 2.05) is 0 Å². The molecule has 0 spiro atoms. The molecule has 3 heterocycles. The van der Waals surface area contributed by atoms with Crippen LogP contribution in [0.2, 0.25) is 5.28 Å². The Balaban J connectivity index is 1.97. The first-order chi connectivity index (χ1) is 10.1. The summed E-state index contributed by atoms with van der Waals surface area (Å²) < 4.78 is 1.35. The van der Waals surface area contributed by atoms with Gasteiger partial charge in [-0.05, 0) is 30.3 Å². The van der Waals surface area contributed by atoms with Crippen molar-refractivity contribution in [1.82, 2.24) is 39.7 Å². The first-order valence-corrected chi connectivity index (χ1v) is 6.82. The summed E-state index contributed by atoms with van der Waals surface area (Å²) in [6, 6.07) is 1.39. The van der Waals surface area contributed by atoms with Gasteiger partial charge < -0.3 is 4.98 Å². The SMILES string of the molecule is Cc1cc(=O)[nH]c(Sc2nc(Cl)nc(-n3cncn3)n2)n1. The maximum Gasteiger partial charge on any atom is 0.257 e. The van der Waals surface area contributed by atoms with E-state index in [0.29, 0.717) is 10.9 Å². The summed E-state index contributed by atoms with van der Waals surface area (Å²) in [7, 11) is 0. The molecule has 0 fully saturated rings. The number of aryl methyl sites for hydroxylation is 1. The number of nitrogens with zero attached hydrogens (tertiary/aromatic N) is 7. The summed E-state index contributed by atoms with van der Waals surface area (Å²) in [5, 5.41) is 4.58. The van der Waals surface area contributed by atoms with Crippen LogP contribution in [-0.4, -0.2) is 39.7 Å². The van der Waals surface area contributed by atoms with Gasteiger partial charge in [0, 0.05) is 11.8 Å². The lowest BCUT2D eigenvalue weighted by atomic mass is 10.5. The molecule has 0 aliphatic carbocycles. The van der Waals surface area contributed by atoms with E-state index in [0.717, 1.165) is 11.8 Å². The largest absolute Gasteiger partial charge is 0.301 e. The lowest BCUT2D eigenvalue weighted by molar-refractivity contribution is 0.755. The fraction of sp³-hybridized carbons (Fsp3) is 0.100. The Kier molecular flexibility index (Phi) is 3.62. The smallest absolute Gasteiger partial charge is 0.257 e. The highest BCUT2D eigenvalue weighted by atomic mass is 35.5. The molecule has 0 amide bonds. The molecule has 3 aromatic heterocycles. The first kappa shape index (κ1) is 13.6. The van der Waals surface area contributed by atoms with E-state index < -0.39 is 0 Å². The van der Waals surface area contributed by atoms with Crippen LogP contribution >= 0.6 is 23.4 Å². The van der Waals surface area contributed by atoms with E-state index in [1.54, 1.807) is 6.92 Å². The fourth-order valence-corrected chi connectivity index (χ4v) is 2.45. The Labute approximate surface area is 126 Å². The molecule has 0 aliphatic rings. The molecule has 9 nitrogen and oxygen atoms in total. The van der Waals surface area contributed by atoms with Crippen molar-refractivity contribution in [3.63, 3.8) is 0 Å². The number of H-pyrrole nitrogens is 1. The van der Waals surface area contributed by atoms with Gasteiger partial charge in [0.15, 0.2) is 5.16 Å². The maximum absolute atomic E-state index is 11.4. The number of hydrogen-bond donors (Lipinski definition) is 1. The standard InChI is InChI=1S/C10H7ClN8OS/c1-5-2-6(20)15-9(14-5)21-10-17-7(11)16-8(18-10)19-4-12-3-13-19/h2-4H,1H3,(H,14,15,20). The van der Waals surface area contributed by atoms with Gasteiger partial charge in [0.2, 0.25) is 10.4 Å². The van der Waals surface area contributed by atoms with Crippen molar-refractivity contribution < 1.29 is 0 Å². The number of aromatic nitrogens is 8. The van der Waals surface area contributed by atoms with Gasteiger partial charge in [-0.2, -0.15) is 24.7 Å². The highest BCUT2D eigenvalue weighted by Crippen LogP contribution is 2.21. The molecule has 0 radical (unpaired) electrons. The molecule has 21 heavy (non-hydrogen) atoms. The molecule has 11 heteroatoms. The number of nitrogens with one attached hydrogen (secondary N) is 1. The van der Waals surface area contributed by atoms with Crippen LogP contribution in [0.15, 0.2) is 33.8 Å². The Morgan fingerprint density at radius 2 is 2.14 bits per heavy atom. The minimum atomic E-state index is -0.248. The fourth-order valence-electron chi connectivity index (χ4n) is 1.47. The molecule has 0 saturated carbocycles. The summed E-state index contributed by atoms with van der Waals surface area (Å²) in [4.78, 5) is 34.1. The van der Waals surface area contributed by atoms with Gasteiger partial charge in [0.05, 0.1) is 0 Å². The van der Waals surface area contributed by atoms with E-state index in [1.165, 1.54) is 23.4 Å². The minimum absolute atomic E-state index is 0.00741. The molecule has 106 valence electrons. The van der Waals surface area contributed by atoms with Gasteiger partial charge in [0.1, 0.15) is 12.7 Å². The van der Waals surface area contributed by atoms with E-state index in [2.05, 4.69) is 35.0 Å². The highest BCUT2D eigenvalue weighted by molar-refractivity contribution is 7.99. The zero-order chi connectivity index (χ0) is 14.8. The Morgan fingerprint density at radius 3 is 2.86 bits per heavy atom. The Morgan fingerprint density at radius 1 is 1.29 bits per heavy atom. The van der Waals surface area contributed by atoms with Crippen molar-refractivity contribution in [2.75, 3.05) is 0 Å². The summed E-state index contributed by atoms with van der Waals surface area (Å²) in [5.74, 6) is 0.227. The quantitative estimate of drug-likeness (QED) is 0.699. The maximum atomic E-state index is 11.4. The second-order valence-electron chi connectivity index (χ2n) is 3.82. The molecule has 0 saturated heterocycles. The van der Waals surface area contributed by atoms with Crippen molar-refractivity contribution in [3.8, 4) is 5.95 Å². The summed E-state index contributed by atoms with van der Waals surface area (Å²) >= 11 is 6.93. The molecule has 0 bridgehead atoms. The van der Waals surface area contributed by atoms with Crippen LogP contribution in [0.3, 0.4) is 0 Å². The zero-order valence-corrected chi connectivity index (χ0v) is 12.1. The van der Waals surface area contributed by atoms with Gasteiger partial charge in [-0.1, -0.05) is 0 Å². The van der Waals surface area contributed by atoms with Crippen LogP contribution in [0.5, 0.6) is 0 Å². The molecule has 3 rings (SSSR count). The van der Waals surface area contributed by atoms with Crippen molar-refractivity contribution in [3.05, 3.63) is 40.1 Å². The van der Waals surface area contributed by atoms with Gasteiger partial charge in [-0.15, -0.1) is 0 Å². The number of rotatable bonds is 3. The lowest BCUT2D eigenvalue weighted by Gasteiger charge is -2.03. The Hall–Kier alpha value is -2.33. The molecule has 3 aromatic rings. The number of aromatic amines is 1. The second kappa shape index (κ2) is 5.58. The third-order valence-electron chi connectivity index (χ3n) is 2.24. The zero-order valence-electron chi connectivity index (χ0n) is 10.6. The predicted octanol–water partition coefficient (Wildman–Crippen LogP) is 0.649. The van der Waals surface area contributed by atoms with E-state index in [9.17, 15) is 4.79 Å². The van der Waals surface area contributed by atoms with E-state index in [4.69, 9.17) is 11.6 Å². The number of hydrogen-bond acceptors (Lipinski definition) is 8. The molecule has 0 aliphatic heterocycles. The van der Waals surface area contributed by atoms with Gasteiger partial charge in [0.25, 0.3) is 11.5 Å². The van der Waals surface area contributed by atoms with Gasteiger partial charge >= 0.3 is 0 Å². The Bertz CT molecular complexity index is 833. The average molecular weight is 323 g/mol. The van der Waals surface area contributed by atoms with Crippen molar-refractivity contribution >= 4 is 23.4 Å². The molecule has 1 N–H and O–H groups in total. The predicted molar refractivity (Wildman–Crippen MR) is 73.5 cm³/mol. The van der Waals surface area contributed by atoms with Crippen LogP contribution < -0.4 is 5.56 Å². The molecule has 0 unspecified atom stereocenters. The average Bonchev–Trinajstić information content (AvgIpc) is 2.90. The van der Waals surface area contributed by atoms with Crippen molar-refractivity contribution in [2.24, 2.45) is 0 Å². The lowest BCUT2D eigenvalue weighted by Crippen LogP contribution is -2.09. The van der Waals surface area contributed by atoms with E-state index in [-0.39, 0.29) is 21.9 Å². The van der Waals surface area contributed by atoms with Crippen LogP contribution in [0.25, 0.3) is 5.95 Å². The van der Waals surface area contributed by atoms with Crippen LogP contribution in [-0.2, 0) is 0 Å². The third kappa shape index (κ3) is 3.23. The highest BCUT2D eigenvalue weighted by Gasteiger charge is 2.10. The molecular formula is C10H7ClN8OS. The normalized spacial score (nSPS) is 10.8. The van der Waals surface area contributed by atoms with Crippen LogP contribution in [0.1, 0.15) is 5.69 Å². The summed E-state index contributed by atoms with van der Waals surface area (Å²) in [6.07, 6.45) is 2.79. The molecular weight excluding hydrogens is 316 g/mol. The van der Waals surface area contributed by atoms with Crippen LogP contribution in [0.4, 0.5) is 0 Å². The monoisotopic (exact) mass is 322 g/mol. The van der Waals surface area contributed by atoms with Crippen molar-refractivity contribution in [2.45, 2.75) is 17.2 Å². The summed E-state index contributed by atoms with van der Waals surface area (Å²) in [5.41, 5.74) is 0.347.